The van der Waals surface area contributed by atoms with Crippen molar-refractivity contribution in [2.75, 3.05) is 0 Å². The molecular formula is C14H12N4O2. The minimum absolute atomic E-state index is 0.0971. The third-order valence-corrected chi connectivity index (χ3v) is 2.73. The summed E-state index contributed by atoms with van der Waals surface area (Å²) in [5.74, 6) is -1.04. The molecule has 0 radical (unpaired) electrons. The number of hydrogen-bond acceptors (Lipinski definition) is 5. The fourth-order valence-corrected chi connectivity index (χ4v) is 1.70. The largest absolute Gasteiger partial charge is 0.478 e. The molecule has 2 aromatic rings. The lowest BCUT2D eigenvalue weighted by atomic mass is 10.1. The highest BCUT2D eigenvalue weighted by Crippen LogP contribution is 2.05. The number of nitrogens with one attached hydrogen (secondary N) is 1. The predicted octanol–water partition coefficient (Wildman–Crippen LogP) is 1.34. The van der Waals surface area contributed by atoms with Crippen molar-refractivity contribution in [2.45, 2.75) is 13.1 Å². The summed E-state index contributed by atoms with van der Waals surface area (Å²) in [7, 11) is 0. The van der Waals surface area contributed by atoms with Gasteiger partial charge in [-0.1, -0.05) is 12.1 Å². The zero-order valence-electron chi connectivity index (χ0n) is 10.6. The number of nitrogens with zero attached hydrogens (tertiary/aromatic N) is 3. The Hall–Kier alpha value is -2.78. The van der Waals surface area contributed by atoms with Crippen LogP contribution in [0.1, 0.15) is 27.2 Å². The summed E-state index contributed by atoms with van der Waals surface area (Å²) in [5, 5.41) is 20.8. The van der Waals surface area contributed by atoms with E-state index in [-0.39, 0.29) is 5.56 Å². The van der Waals surface area contributed by atoms with Gasteiger partial charge in [0.2, 0.25) is 0 Å². The molecule has 0 saturated carbocycles. The van der Waals surface area contributed by atoms with Crippen LogP contribution in [0.4, 0.5) is 0 Å². The number of rotatable bonds is 5. The Balaban J connectivity index is 1.96. The summed E-state index contributed by atoms with van der Waals surface area (Å²) >= 11 is 0. The fourth-order valence-electron chi connectivity index (χ4n) is 1.70. The summed E-state index contributed by atoms with van der Waals surface area (Å²) < 4.78 is 0. The third-order valence-electron chi connectivity index (χ3n) is 2.73. The number of aromatic nitrogens is 2. The molecule has 0 bridgehead atoms. The summed E-state index contributed by atoms with van der Waals surface area (Å²) in [4.78, 5) is 18.6. The van der Waals surface area contributed by atoms with Gasteiger partial charge in [0, 0.05) is 19.3 Å². The molecule has 0 aliphatic carbocycles. The van der Waals surface area contributed by atoms with E-state index in [9.17, 15) is 4.79 Å². The number of nitriles is 1. The quantitative estimate of drug-likeness (QED) is 0.848. The SMILES string of the molecule is N#Cc1ccc(CNCc2ncncc2C(=O)O)cc1. The van der Waals surface area contributed by atoms with Crippen molar-refractivity contribution in [1.82, 2.24) is 15.3 Å². The summed E-state index contributed by atoms with van der Waals surface area (Å²) in [6.45, 7) is 0.902. The topological polar surface area (TPSA) is 98.9 Å². The lowest BCUT2D eigenvalue weighted by Gasteiger charge is -2.06. The van der Waals surface area contributed by atoms with E-state index in [2.05, 4.69) is 21.4 Å². The van der Waals surface area contributed by atoms with Gasteiger partial charge in [-0.15, -0.1) is 0 Å². The minimum atomic E-state index is -1.04. The molecule has 1 heterocycles. The van der Waals surface area contributed by atoms with Gasteiger partial charge in [-0.25, -0.2) is 14.8 Å². The smallest absolute Gasteiger partial charge is 0.339 e. The molecule has 6 heteroatoms. The minimum Gasteiger partial charge on any atom is -0.478 e. The first-order valence-electron chi connectivity index (χ1n) is 5.92. The van der Waals surface area contributed by atoms with E-state index < -0.39 is 5.97 Å². The molecule has 2 N–H and O–H groups in total. The second kappa shape index (κ2) is 6.41. The molecule has 2 rings (SSSR count). The Morgan fingerprint density at radius 1 is 1.30 bits per heavy atom. The Morgan fingerprint density at radius 2 is 2.05 bits per heavy atom. The molecule has 0 aliphatic heterocycles. The Labute approximate surface area is 115 Å². The maximum Gasteiger partial charge on any atom is 0.339 e. The third kappa shape index (κ3) is 3.37. The van der Waals surface area contributed by atoms with Crippen LogP contribution in [0.25, 0.3) is 0 Å². The van der Waals surface area contributed by atoms with Gasteiger partial charge < -0.3 is 10.4 Å². The van der Waals surface area contributed by atoms with Gasteiger partial charge in [0.15, 0.2) is 0 Å². The number of carboxylic acid groups (broad SMARTS) is 1. The van der Waals surface area contributed by atoms with Crippen molar-refractivity contribution in [3.8, 4) is 6.07 Å². The molecule has 0 saturated heterocycles. The highest BCUT2D eigenvalue weighted by Gasteiger charge is 2.10. The molecule has 1 aromatic carbocycles. The molecular weight excluding hydrogens is 256 g/mol. The van der Waals surface area contributed by atoms with Crippen LogP contribution in [0.15, 0.2) is 36.8 Å². The van der Waals surface area contributed by atoms with Crippen molar-refractivity contribution in [1.29, 1.82) is 5.26 Å². The number of benzene rings is 1. The second-order valence-electron chi connectivity index (χ2n) is 4.10. The molecule has 0 fully saturated rings. The van der Waals surface area contributed by atoms with Crippen LogP contribution < -0.4 is 5.32 Å². The first-order valence-corrected chi connectivity index (χ1v) is 5.92. The second-order valence-corrected chi connectivity index (χ2v) is 4.10. The fraction of sp³-hybridized carbons (Fsp3) is 0.143. The van der Waals surface area contributed by atoms with Gasteiger partial charge in [0.1, 0.15) is 11.9 Å². The van der Waals surface area contributed by atoms with Crippen LogP contribution in [0.3, 0.4) is 0 Å². The van der Waals surface area contributed by atoms with Gasteiger partial charge in [0.25, 0.3) is 0 Å². The van der Waals surface area contributed by atoms with E-state index in [1.165, 1.54) is 12.5 Å². The first kappa shape index (κ1) is 13.6. The molecule has 100 valence electrons. The molecule has 1 aromatic heterocycles. The highest BCUT2D eigenvalue weighted by molar-refractivity contribution is 5.88. The molecule has 0 spiro atoms. The average molecular weight is 268 g/mol. The first-order chi connectivity index (χ1) is 9.70. The van der Waals surface area contributed by atoms with Gasteiger partial charge in [-0.2, -0.15) is 5.26 Å². The van der Waals surface area contributed by atoms with Gasteiger partial charge >= 0.3 is 5.97 Å². The van der Waals surface area contributed by atoms with E-state index in [0.717, 1.165) is 5.56 Å². The van der Waals surface area contributed by atoms with E-state index in [1.807, 2.05) is 12.1 Å². The average Bonchev–Trinajstić information content (AvgIpc) is 2.48. The van der Waals surface area contributed by atoms with E-state index in [1.54, 1.807) is 12.1 Å². The number of aromatic carboxylic acids is 1. The number of hydrogen-bond donors (Lipinski definition) is 2. The van der Waals surface area contributed by atoms with Crippen molar-refractivity contribution < 1.29 is 9.90 Å². The molecule has 20 heavy (non-hydrogen) atoms. The zero-order valence-corrected chi connectivity index (χ0v) is 10.6. The van der Waals surface area contributed by atoms with Gasteiger partial charge in [-0.05, 0) is 17.7 Å². The van der Waals surface area contributed by atoms with E-state index in [4.69, 9.17) is 10.4 Å². The normalized spacial score (nSPS) is 9.95. The highest BCUT2D eigenvalue weighted by atomic mass is 16.4. The monoisotopic (exact) mass is 268 g/mol. The van der Waals surface area contributed by atoms with Crippen LogP contribution in [0, 0.1) is 11.3 Å². The van der Waals surface area contributed by atoms with Crippen LogP contribution in [-0.4, -0.2) is 21.0 Å². The summed E-state index contributed by atoms with van der Waals surface area (Å²) in [6, 6.07) is 9.24. The van der Waals surface area contributed by atoms with Crippen LogP contribution in [0.5, 0.6) is 0 Å². The van der Waals surface area contributed by atoms with E-state index >= 15 is 0 Å². The zero-order chi connectivity index (χ0) is 14.4. The van der Waals surface area contributed by atoms with Crippen LogP contribution in [0.2, 0.25) is 0 Å². The summed E-state index contributed by atoms with van der Waals surface area (Å²) in [6.07, 6.45) is 2.61. The lowest BCUT2D eigenvalue weighted by molar-refractivity contribution is 0.0694. The van der Waals surface area contributed by atoms with Crippen molar-refractivity contribution >= 4 is 5.97 Å². The van der Waals surface area contributed by atoms with Crippen molar-refractivity contribution in [3.63, 3.8) is 0 Å². The molecule has 0 atom stereocenters. The number of carbonyl (C=O) groups is 1. The maximum absolute atomic E-state index is 11.0. The Morgan fingerprint density at radius 3 is 2.70 bits per heavy atom. The predicted molar refractivity (Wildman–Crippen MR) is 70.7 cm³/mol. The maximum atomic E-state index is 11.0. The Bertz CT molecular complexity index is 647. The van der Waals surface area contributed by atoms with Crippen molar-refractivity contribution in [3.05, 3.63) is 59.2 Å². The van der Waals surface area contributed by atoms with Crippen molar-refractivity contribution in [2.24, 2.45) is 0 Å². The lowest BCUT2D eigenvalue weighted by Crippen LogP contribution is -2.17. The summed E-state index contributed by atoms with van der Waals surface area (Å²) in [5.41, 5.74) is 2.16. The van der Waals surface area contributed by atoms with Gasteiger partial charge in [-0.3, -0.25) is 0 Å². The number of carboxylic acids is 1. The van der Waals surface area contributed by atoms with Gasteiger partial charge in [0.05, 0.1) is 17.3 Å². The van der Waals surface area contributed by atoms with Crippen LogP contribution >= 0.6 is 0 Å². The molecule has 0 amide bonds. The standard InChI is InChI=1S/C14H12N4O2/c15-5-10-1-3-11(4-2-10)6-16-8-13-12(14(19)20)7-17-9-18-13/h1-4,7,9,16H,6,8H2,(H,19,20). The van der Waals surface area contributed by atoms with E-state index in [0.29, 0.717) is 24.3 Å². The molecule has 0 aliphatic rings. The van der Waals surface area contributed by atoms with Crippen LogP contribution in [-0.2, 0) is 13.1 Å². The Kier molecular flexibility index (Phi) is 4.37. The molecule has 0 unspecified atom stereocenters. The molecule has 6 nitrogen and oxygen atoms in total.